The topological polar surface area (TPSA) is 70.8 Å². The van der Waals surface area contributed by atoms with Crippen molar-refractivity contribution in [1.29, 1.82) is 0 Å². The molecular formula is C14H28N4O2. The number of hydrogen-bond donors (Lipinski definition) is 2. The number of piperazine rings is 1. The summed E-state index contributed by atoms with van der Waals surface area (Å²) in [5.41, 5.74) is 5.55. The first-order valence-corrected chi connectivity index (χ1v) is 7.81. The second-order valence-corrected chi connectivity index (χ2v) is 5.63. The van der Waals surface area contributed by atoms with Gasteiger partial charge < -0.3 is 20.7 Å². The number of ether oxygens (including phenoxy) is 1. The average Bonchev–Trinajstić information content (AvgIpc) is 2.97. The van der Waals surface area contributed by atoms with Crippen molar-refractivity contribution >= 4 is 5.91 Å². The quantitative estimate of drug-likeness (QED) is 0.671. The third kappa shape index (κ3) is 4.41. The molecule has 0 radical (unpaired) electrons. The largest absolute Gasteiger partial charge is 0.364 e. The Balaban J connectivity index is 1.58. The summed E-state index contributed by atoms with van der Waals surface area (Å²) in [7, 11) is 0. The number of carbonyl (C=O) groups excluding carboxylic acids is 1. The molecule has 0 spiro atoms. The predicted octanol–water partition coefficient (Wildman–Crippen LogP) is -0.754. The summed E-state index contributed by atoms with van der Waals surface area (Å²) in [6.07, 6.45) is 1.46. The Morgan fingerprint density at radius 1 is 1.25 bits per heavy atom. The Hall–Kier alpha value is -0.690. The van der Waals surface area contributed by atoms with Crippen molar-refractivity contribution in [2.45, 2.75) is 32.0 Å². The number of rotatable bonds is 6. The molecule has 6 nitrogen and oxygen atoms in total. The van der Waals surface area contributed by atoms with Gasteiger partial charge in [-0.3, -0.25) is 9.69 Å². The van der Waals surface area contributed by atoms with Gasteiger partial charge in [0, 0.05) is 45.8 Å². The van der Waals surface area contributed by atoms with Gasteiger partial charge in [0.1, 0.15) is 6.10 Å². The van der Waals surface area contributed by atoms with Crippen LogP contribution in [0.1, 0.15) is 19.8 Å². The minimum atomic E-state index is -0.291. The molecule has 2 rings (SSSR count). The van der Waals surface area contributed by atoms with Gasteiger partial charge in [-0.15, -0.1) is 0 Å². The summed E-state index contributed by atoms with van der Waals surface area (Å²) in [6, 6.07) is 0. The fourth-order valence-corrected chi connectivity index (χ4v) is 2.85. The van der Waals surface area contributed by atoms with Crippen LogP contribution in [0.25, 0.3) is 0 Å². The molecule has 1 amide bonds. The molecule has 6 heteroatoms. The normalized spacial score (nSPS) is 28.7. The lowest BCUT2D eigenvalue weighted by Gasteiger charge is -2.34. The SMILES string of the molecule is CCN1CCN(CCNC(=O)[C@@H]2CC[C@H](CN)O2)CC1. The highest BCUT2D eigenvalue weighted by atomic mass is 16.5. The number of nitrogens with one attached hydrogen (secondary N) is 1. The molecule has 2 atom stereocenters. The van der Waals surface area contributed by atoms with Gasteiger partial charge in [-0.1, -0.05) is 6.92 Å². The van der Waals surface area contributed by atoms with E-state index in [0.717, 1.165) is 52.1 Å². The number of hydrogen-bond acceptors (Lipinski definition) is 5. The lowest BCUT2D eigenvalue weighted by atomic mass is 10.2. The van der Waals surface area contributed by atoms with Crippen molar-refractivity contribution in [3.8, 4) is 0 Å². The predicted molar refractivity (Wildman–Crippen MR) is 78.5 cm³/mol. The van der Waals surface area contributed by atoms with E-state index in [9.17, 15) is 4.79 Å². The first-order valence-electron chi connectivity index (χ1n) is 7.81. The minimum absolute atomic E-state index is 0.0214. The van der Waals surface area contributed by atoms with Crippen LogP contribution in [0.2, 0.25) is 0 Å². The molecule has 2 aliphatic heterocycles. The third-order valence-electron chi connectivity index (χ3n) is 4.30. The number of amides is 1. The number of carbonyl (C=O) groups is 1. The van der Waals surface area contributed by atoms with Crippen molar-refractivity contribution in [3.63, 3.8) is 0 Å². The molecule has 0 aromatic heterocycles. The molecule has 0 aromatic carbocycles. The summed E-state index contributed by atoms with van der Waals surface area (Å²) in [4.78, 5) is 16.8. The van der Waals surface area contributed by atoms with E-state index >= 15 is 0 Å². The number of nitrogens with zero attached hydrogens (tertiary/aromatic N) is 2. The Bertz CT molecular complexity index is 306. The van der Waals surface area contributed by atoms with Crippen molar-refractivity contribution < 1.29 is 9.53 Å². The molecule has 0 bridgehead atoms. The highest BCUT2D eigenvalue weighted by Crippen LogP contribution is 2.18. The van der Waals surface area contributed by atoms with Crippen LogP contribution < -0.4 is 11.1 Å². The summed E-state index contributed by atoms with van der Waals surface area (Å²) >= 11 is 0. The summed E-state index contributed by atoms with van der Waals surface area (Å²) in [5, 5.41) is 2.98. The zero-order valence-corrected chi connectivity index (χ0v) is 12.5. The van der Waals surface area contributed by atoms with Gasteiger partial charge in [0.05, 0.1) is 6.10 Å². The van der Waals surface area contributed by atoms with E-state index in [2.05, 4.69) is 22.0 Å². The molecule has 2 heterocycles. The molecule has 20 heavy (non-hydrogen) atoms. The van der Waals surface area contributed by atoms with Crippen molar-refractivity contribution in [2.24, 2.45) is 5.73 Å². The van der Waals surface area contributed by atoms with Crippen LogP contribution in [0.4, 0.5) is 0 Å². The summed E-state index contributed by atoms with van der Waals surface area (Å²) in [6.45, 7) is 9.93. The van der Waals surface area contributed by atoms with Gasteiger partial charge in [-0.25, -0.2) is 0 Å². The van der Waals surface area contributed by atoms with Gasteiger partial charge in [0.25, 0.3) is 0 Å². The zero-order chi connectivity index (χ0) is 14.4. The molecule has 2 saturated heterocycles. The fraction of sp³-hybridized carbons (Fsp3) is 0.929. The van der Waals surface area contributed by atoms with E-state index in [4.69, 9.17) is 10.5 Å². The monoisotopic (exact) mass is 284 g/mol. The lowest BCUT2D eigenvalue weighted by Crippen LogP contribution is -2.48. The Kier molecular flexibility index (Phi) is 6.22. The van der Waals surface area contributed by atoms with E-state index in [1.807, 2.05) is 0 Å². The van der Waals surface area contributed by atoms with Gasteiger partial charge >= 0.3 is 0 Å². The Morgan fingerprint density at radius 3 is 2.55 bits per heavy atom. The van der Waals surface area contributed by atoms with Crippen LogP contribution in [0.3, 0.4) is 0 Å². The highest BCUT2D eigenvalue weighted by molar-refractivity contribution is 5.81. The van der Waals surface area contributed by atoms with Gasteiger partial charge in [0.2, 0.25) is 5.91 Å². The molecule has 0 saturated carbocycles. The average molecular weight is 284 g/mol. The van der Waals surface area contributed by atoms with Crippen LogP contribution >= 0.6 is 0 Å². The molecule has 0 aromatic rings. The van der Waals surface area contributed by atoms with E-state index in [1.54, 1.807) is 0 Å². The number of nitrogens with two attached hydrogens (primary N) is 1. The first-order chi connectivity index (χ1) is 9.72. The van der Waals surface area contributed by atoms with Gasteiger partial charge in [-0.05, 0) is 19.4 Å². The van der Waals surface area contributed by atoms with Crippen LogP contribution in [-0.2, 0) is 9.53 Å². The smallest absolute Gasteiger partial charge is 0.249 e. The Morgan fingerprint density at radius 2 is 1.95 bits per heavy atom. The molecule has 116 valence electrons. The summed E-state index contributed by atoms with van der Waals surface area (Å²) in [5.74, 6) is 0.0214. The molecular weight excluding hydrogens is 256 g/mol. The Labute approximate surface area is 121 Å². The fourth-order valence-electron chi connectivity index (χ4n) is 2.85. The van der Waals surface area contributed by atoms with Crippen LogP contribution in [0.5, 0.6) is 0 Å². The third-order valence-corrected chi connectivity index (χ3v) is 4.30. The first kappa shape index (κ1) is 15.7. The number of likely N-dealkylation sites (N-methyl/N-ethyl adjacent to an activating group) is 1. The van der Waals surface area contributed by atoms with Crippen LogP contribution in [0.15, 0.2) is 0 Å². The van der Waals surface area contributed by atoms with Gasteiger partial charge in [0.15, 0.2) is 0 Å². The van der Waals surface area contributed by atoms with Crippen LogP contribution in [-0.4, -0.2) is 80.3 Å². The second kappa shape index (κ2) is 7.93. The maximum atomic E-state index is 11.9. The van der Waals surface area contributed by atoms with Crippen molar-refractivity contribution in [3.05, 3.63) is 0 Å². The molecule has 2 fully saturated rings. The maximum Gasteiger partial charge on any atom is 0.249 e. The van der Waals surface area contributed by atoms with E-state index in [-0.39, 0.29) is 18.1 Å². The minimum Gasteiger partial charge on any atom is -0.364 e. The lowest BCUT2D eigenvalue weighted by molar-refractivity contribution is -0.131. The highest BCUT2D eigenvalue weighted by Gasteiger charge is 2.29. The van der Waals surface area contributed by atoms with Crippen molar-refractivity contribution in [1.82, 2.24) is 15.1 Å². The van der Waals surface area contributed by atoms with E-state index < -0.39 is 0 Å². The maximum absolute atomic E-state index is 11.9. The molecule has 0 unspecified atom stereocenters. The molecule has 0 aliphatic carbocycles. The standard InChI is InChI=1S/C14H28N4O2/c1-2-17-7-9-18(10-8-17)6-5-16-14(19)13-4-3-12(11-15)20-13/h12-13H,2-11,15H2,1H3,(H,16,19)/t12-,13+/m1/s1. The summed E-state index contributed by atoms with van der Waals surface area (Å²) < 4.78 is 5.59. The van der Waals surface area contributed by atoms with Gasteiger partial charge in [-0.2, -0.15) is 0 Å². The zero-order valence-electron chi connectivity index (χ0n) is 12.5. The molecule has 3 N–H and O–H groups in total. The van der Waals surface area contributed by atoms with E-state index in [1.165, 1.54) is 0 Å². The van der Waals surface area contributed by atoms with E-state index in [0.29, 0.717) is 13.1 Å². The van der Waals surface area contributed by atoms with Crippen LogP contribution in [0, 0.1) is 0 Å². The molecule has 2 aliphatic rings. The van der Waals surface area contributed by atoms with Crippen molar-refractivity contribution in [2.75, 3.05) is 52.4 Å². The second-order valence-electron chi connectivity index (χ2n) is 5.63.